The van der Waals surface area contributed by atoms with Gasteiger partial charge in [0.2, 0.25) is 5.91 Å². The maximum absolute atomic E-state index is 12.9. The first kappa shape index (κ1) is 13.1. The maximum atomic E-state index is 12.9. The lowest BCUT2D eigenvalue weighted by atomic mass is 9.86. The summed E-state index contributed by atoms with van der Waals surface area (Å²) >= 11 is 0. The smallest absolute Gasteiger partial charge is 0.224 e. The van der Waals surface area contributed by atoms with E-state index in [0.717, 1.165) is 6.42 Å². The molecule has 1 amide bonds. The molecule has 2 nitrogen and oxygen atoms in total. The molecule has 0 unspecified atom stereocenters. The SMILES string of the molecule is O=C(CCC1CCCCC1)Nc1cccc(F)c1. The van der Waals surface area contributed by atoms with Crippen molar-refractivity contribution in [2.75, 3.05) is 5.32 Å². The van der Waals surface area contributed by atoms with Crippen molar-refractivity contribution >= 4 is 11.6 Å². The fourth-order valence-electron chi connectivity index (χ4n) is 2.60. The van der Waals surface area contributed by atoms with Crippen LogP contribution in [0.1, 0.15) is 44.9 Å². The number of rotatable bonds is 4. The van der Waals surface area contributed by atoms with Crippen molar-refractivity contribution in [2.45, 2.75) is 44.9 Å². The van der Waals surface area contributed by atoms with E-state index in [9.17, 15) is 9.18 Å². The summed E-state index contributed by atoms with van der Waals surface area (Å²) in [6, 6.07) is 6.03. The summed E-state index contributed by atoms with van der Waals surface area (Å²) in [5.41, 5.74) is 0.545. The van der Waals surface area contributed by atoms with Crippen molar-refractivity contribution in [3.63, 3.8) is 0 Å². The first-order valence-corrected chi connectivity index (χ1v) is 6.79. The Bertz CT molecular complexity index is 399. The van der Waals surface area contributed by atoms with Gasteiger partial charge in [0, 0.05) is 12.1 Å². The predicted molar refractivity (Wildman–Crippen MR) is 70.8 cm³/mol. The summed E-state index contributed by atoms with van der Waals surface area (Å²) in [6.07, 6.45) is 7.96. The van der Waals surface area contributed by atoms with Gasteiger partial charge in [-0.3, -0.25) is 4.79 Å². The zero-order valence-electron chi connectivity index (χ0n) is 10.6. The van der Waals surface area contributed by atoms with E-state index in [0.29, 0.717) is 18.0 Å². The lowest BCUT2D eigenvalue weighted by Crippen LogP contribution is -2.14. The van der Waals surface area contributed by atoms with Gasteiger partial charge in [-0.05, 0) is 30.5 Å². The van der Waals surface area contributed by atoms with E-state index >= 15 is 0 Å². The number of hydrogen-bond acceptors (Lipinski definition) is 1. The van der Waals surface area contributed by atoms with Crippen LogP contribution in [-0.2, 0) is 4.79 Å². The highest BCUT2D eigenvalue weighted by molar-refractivity contribution is 5.90. The van der Waals surface area contributed by atoms with Crippen molar-refractivity contribution < 1.29 is 9.18 Å². The molecule has 0 radical (unpaired) electrons. The second-order valence-corrected chi connectivity index (χ2v) is 5.10. The number of hydrogen-bond donors (Lipinski definition) is 1. The van der Waals surface area contributed by atoms with Gasteiger partial charge >= 0.3 is 0 Å². The fourth-order valence-corrected chi connectivity index (χ4v) is 2.60. The van der Waals surface area contributed by atoms with Crippen LogP contribution in [0, 0.1) is 11.7 Å². The van der Waals surface area contributed by atoms with Crippen LogP contribution in [0.3, 0.4) is 0 Å². The standard InChI is InChI=1S/C15H20FNO/c16-13-7-4-8-14(11-13)17-15(18)10-9-12-5-2-1-3-6-12/h4,7-8,11-12H,1-3,5-6,9-10H2,(H,17,18). The van der Waals surface area contributed by atoms with Crippen molar-refractivity contribution in [1.82, 2.24) is 0 Å². The van der Waals surface area contributed by atoms with Crippen molar-refractivity contribution in [2.24, 2.45) is 5.92 Å². The quantitative estimate of drug-likeness (QED) is 0.854. The minimum atomic E-state index is -0.319. The molecule has 18 heavy (non-hydrogen) atoms. The van der Waals surface area contributed by atoms with Gasteiger partial charge in [-0.25, -0.2) is 4.39 Å². The Morgan fingerprint density at radius 2 is 2.06 bits per heavy atom. The average molecular weight is 249 g/mol. The molecule has 0 spiro atoms. The van der Waals surface area contributed by atoms with Crippen LogP contribution in [0.5, 0.6) is 0 Å². The Labute approximate surface area is 108 Å². The Hall–Kier alpha value is -1.38. The molecular formula is C15H20FNO. The van der Waals surface area contributed by atoms with Gasteiger partial charge in [-0.15, -0.1) is 0 Å². The molecule has 1 saturated carbocycles. The molecule has 1 aromatic rings. The second-order valence-electron chi connectivity index (χ2n) is 5.10. The minimum Gasteiger partial charge on any atom is -0.326 e. The zero-order chi connectivity index (χ0) is 12.8. The normalized spacial score (nSPS) is 16.5. The van der Waals surface area contributed by atoms with E-state index in [1.54, 1.807) is 12.1 Å². The highest BCUT2D eigenvalue weighted by Gasteiger charge is 2.14. The largest absolute Gasteiger partial charge is 0.326 e. The Morgan fingerprint density at radius 3 is 2.78 bits per heavy atom. The maximum Gasteiger partial charge on any atom is 0.224 e. The molecule has 1 N–H and O–H groups in total. The van der Waals surface area contributed by atoms with Gasteiger partial charge in [-0.1, -0.05) is 38.2 Å². The molecule has 3 heteroatoms. The molecule has 0 heterocycles. The van der Waals surface area contributed by atoms with Gasteiger partial charge < -0.3 is 5.32 Å². The lowest BCUT2D eigenvalue weighted by Gasteiger charge is -2.20. The van der Waals surface area contributed by atoms with Gasteiger partial charge in [0.05, 0.1) is 0 Å². The molecule has 0 aliphatic heterocycles. The number of amides is 1. The van der Waals surface area contributed by atoms with E-state index in [4.69, 9.17) is 0 Å². The van der Waals surface area contributed by atoms with Crippen LogP contribution in [0.4, 0.5) is 10.1 Å². The summed E-state index contributed by atoms with van der Waals surface area (Å²) in [4.78, 5) is 11.7. The van der Waals surface area contributed by atoms with Crippen molar-refractivity contribution in [3.8, 4) is 0 Å². The van der Waals surface area contributed by atoms with Crippen LogP contribution in [0.25, 0.3) is 0 Å². The molecule has 1 aromatic carbocycles. The van der Waals surface area contributed by atoms with E-state index in [1.807, 2.05) is 0 Å². The number of halogens is 1. The summed E-state index contributed by atoms with van der Waals surface area (Å²) < 4.78 is 12.9. The van der Waals surface area contributed by atoms with Gasteiger partial charge in [0.15, 0.2) is 0 Å². The van der Waals surface area contributed by atoms with E-state index < -0.39 is 0 Å². The molecule has 0 aromatic heterocycles. The summed E-state index contributed by atoms with van der Waals surface area (Å²) in [5.74, 6) is 0.378. The third-order valence-corrected chi connectivity index (χ3v) is 3.61. The van der Waals surface area contributed by atoms with E-state index in [1.165, 1.54) is 44.2 Å². The summed E-state index contributed by atoms with van der Waals surface area (Å²) in [6.45, 7) is 0. The zero-order valence-corrected chi connectivity index (χ0v) is 10.6. The Kier molecular flexibility index (Phi) is 4.73. The van der Waals surface area contributed by atoms with Crippen LogP contribution >= 0.6 is 0 Å². The van der Waals surface area contributed by atoms with Crippen molar-refractivity contribution in [1.29, 1.82) is 0 Å². The van der Waals surface area contributed by atoms with Crippen LogP contribution in [0.2, 0.25) is 0 Å². The van der Waals surface area contributed by atoms with Gasteiger partial charge in [-0.2, -0.15) is 0 Å². The molecular weight excluding hydrogens is 229 g/mol. The van der Waals surface area contributed by atoms with Crippen LogP contribution in [0.15, 0.2) is 24.3 Å². The molecule has 1 fully saturated rings. The Morgan fingerprint density at radius 1 is 1.28 bits per heavy atom. The number of benzene rings is 1. The number of anilines is 1. The summed E-state index contributed by atoms with van der Waals surface area (Å²) in [5, 5.41) is 2.74. The Balaban J connectivity index is 1.74. The molecule has 1 aliphatic carbocycles. The molecule has 0 atom stereocenters. The number of nitrogens with one attached hydrogen (secondary N) is 1. The third kappa shape index (κ3) is 4.13. The van der Waals surface area contributed by atoms with E-state index in [-0.39, 0.29) is 11.7 Å². The van der Waals surface area contributed by atoms with Crippen molar-refractivity contribution in [3.05, 3.63) is 30.1 Å². The highest BCUT2D eigenvalue weighted by atomic mass is 19.1. The number of carbonyl (C=O) groups is 1. The van der Waals surface area contributed by atoms with Crippen LogP contribution in [-0.4, -0.2) is 5.91 Å². The van der Waals surface area contributed by atoms with Gasteiger partial charge in [0.25, 0.3) is 0 Å². The first-order valence-electron chi connectivity index (χ1n) is 6.79. The summed E-state index contributed by atoms with van der Waals surface area (Å²) in [7, 11) is 0. The lowest BCUT2D eigenvalue weighted by molar-refractivity contribution is -0.116. The fraction of sp³-hybridized carbons (Fsp3) is 0.533. The average Bonchev–Trinajstić information content (AvgIpc) is 2.38. The molecule has 98 valence electrons. The van der Waals surface area contributed by atoms with Crippen LogP contribution < -0.4 is 5.32 Å². The molecule has 1 aliphatic rings. The second kappa shape index (κ2) is 6.53. The molecule has 0 saturated heterocycles. The molecule has 0 bridgehead atoms. The third-order valence-electron chi connectivity index (χ3n) is 3.61. The topological polar surface area (TPSA) is 29.1 Å². The van der Waals surface area contributed by atoms with Gasteiger partial charge in [0.1, 0.15) is 5.82 Å². The first-order chi connectivity index (χ1) is 8.74. The predicted octanol–water partition coefficient (Wildman–Crippen LogP) is 4.12. The highest BCUT2D eigenvalue weighted by Crippen LogP contribution is 2.27. The minimum absolute atomic E-state index is 0.00817. The molecule has 2 rings (SSSR count). The van der Waals surface area contributed by atoms with E-state index in [2.05, 4.69) is 5.32 Å². The number of carbonyl (C=O) groups excluding carboxylic acids is 1. The monoisotopic (exact) mass is 249 g/mol.